The molecule has 10 nitrogen and oxygen atoms in total. The first-order valence-electron chi connectivity index (χ1n) is 19.7. The van der Waals surface area contributed by atoms with Crippen LogP contribution in [0.15, 0.2) is 146 Å². The van der Waals surface area contributed by atoms with Gasteiger partial charge in [-0.05, 0) is 42.6 Å². The second-order valence-electron chi connectivity index (χ2n) is 14.0. The monoisotopic (exact) mass is 783 g/mol. The van der Waals surface area contributed by atoms with E-state index in [2.05, 4.69) is 32.4 Å². The van der Waals surface area contributed by atoms with Crippen LogP contribution in [0.5, 0.6) is 5.75 Å². The van der Waals surface area contributed by atoms with E-state index in [9.17, 15) is 14.4 Å². The maximum atomic E-state index is 12.6. The molecule has 1 aliphatic heterocycles. The summed E-state index contributed by atoms with van der Waals surface area (Å²) < 4.78 is 5.78. The van der Waals surface area contributed by atoms with Gasteiger partial charge in [0.15, 0.2) is 0 Å². The Hall–Kier alpha value is -7.01. The molecule has 10 heteroatoms. The van der Waals surface area contributed by atoms with Crippen molar-refractivity contribution in [1.82, 2.24) is 25.3 Å². The van der Waals surface area contributed by atoms with Crippen LogP contribution in [0.4, 0.5) is 0 Å². The van der Waals surface area contributed by atoms with Gasteiger partial charge in [0.25, 0.3) is 5.78 Å². The molecule has 10 rings (SSSR count). The molecule has 1 saturated heterocycles. The van der Waals surface area contributed by atoms with Crippen molar-refractivity contribution in [3.63, 3.8) is 0 Å². The van der Waals surface area contributed by atoms with Gasteiger partial charge in [-0.25, -0.2) is 9.97 Å². The van der Waals surface area contributed by atoms with E-state index in [1.54, 1.807) is 12.1 Å². The lowest BCUT2D eigenvalue weighted by Crippen LogP contribution is -2.21. The Balaban J connectivity index is 0.000000159. The van der Waals surface area contributed by atoms with E-state index in [1.807, 2.05) is 121 Å². The van der Waals surface area contributed by atoms with Gasteiger partial charge in [0.2, 0.25) is 5.78 Å². The van der Waals surface area contributed by atoms with E-state index in [0.29, 0.717) is 41.4 Å². The molecule has 0 spiro atoms. The van der Waals surface area contributed by atoms with Gasteiger partial charge in [-0.15, -0.1) is 0 Å². The molecule has 3 heterocycles. The third-order valence-corrected chi connectivity index (χ3v) is 9.92. The van der Waals surface area contributed by atoms with Gasteiger partial charge in [-0.1, -0.05) is 140 Å². The van der Waals surface area contributed by atoms with Crippen LogP contribution < -0.4 is 10.1 Å². The zero-order chi connectivity index (χ0) is 41.0. The number of carbonyl (C=O) groups excluding carboxylic acids is 3. The zero-order valence-electron chi connectivity index (χ0n) is 32.8. The Morgan fingerprint density at radius 1 is 0.610 bits per heavy atom. The second-order valence-corrected chi connectivity index (χ2v) is 14.0. The number of benzene rings is 6. The Morgan fingerprint density at radius 3 is 1.73 bits per heavy atom. The smallest absolute Gasteiger partial charge is 0.315 e. The topological polar surface area (TPSA) is 150 Å². The first-order valence-corrected chi connectivity index (χ1v) is 19.7. The van der Waals surface area contributed by atoms with Crippen molar-refractivity contribution in [2.45, 2.75) is 32.1 Å². The van der Waals surface area contributed by atoms with Crippen LogP contribution in [-0.2, 0) is 24.1 Å². The molecule has 1 aliphatic carbocycles. The Kier molecular flexibility index (Phi) is 13.2. The molecule has 0 unspecified atom stereocenters. The van der Waals surface area contributed by atoms with Gasteiger partial charge in [-0.2, -0.15) is 0 Å². The molecule has 0 atom stereocenters. The van der Waals surface area contributed by atoms with E-state index in [1.165, 1.54) is 31.5 Å². The van der Waals surface area contributed by atoms with Gasteiger partial charge in [0, 0.05) is 47.9 Å². The predicted molar refractivity (Wildman–Crippen MR) is 231 cm³/mol. The van der Waals surface area contributed by atoms with Crippen molar-refractivity contribution in [2.24, 2.45) is 0 Å². The summed E-state index contributed by atoms with van der Waals surface area (Å²) in [6.07, 6.45) is 4.32. The number of aromatic amines is 2. The van der Waals surface area contributed by atoms with Crippen molar-refractivity contribution in [2.75, 3.05) is 20.2 Å². The summed E-state index contributed by atoms with van der Waals surface area (Å²) in [5.41, 5.74) is 6.99. The lowest BCUT2D eigenvalue weighted by Gasteiger charge is -2.11. The largest absolute Gasteiger partial charge is 0.426 e. The van der Waals surface area contributed by atoms with Crippen LogP contribution in [0.1, 0.15) is 62.0 Å². The number of nitrogens with zero attached hydrogens (tertiary/aromatic N) is 2. The molecule has 4 N–H and O–H groups in total. The Labute approximate surface area is 342 Å². The fourth-order valence-electron chi connectivity index (χ4n) is 7.14. The highest BCUT2D eigenvalue weighted by Crippen LogP contribution is 2.34. The highest BCUT2D eigenvalue weighted by molar-refractivity contribution is 6.52. The number of imidazole rings is 2. The molecule has 8 aromatic rings. The Bertz CT molecular complexity index is 2660. The molecule has 0 amide bonds. The molecule has 0 radical (unpaired) electrons. The number of ketones is 2. The van der Waals surface area contributed by atoms with Crippen molar-refractivity contribution in [1.29, 1.82) is 0 Å². The summed E-state index contributed by atoms with van der Waals surface area (Å²) in [5.74, 6) is 0.852. The molecule has 2 aromatic heterocycles. The minimum Gasteiger partial charge on any atom is -0.426 e. The van der Waals surface area contributed by atoms with Crippen LogP contribution in [-0.4, -0.2) is 62.8 Å². The molecule has 59 heavy (non-hydrogen) atoms. The minimum absolute atomic E-state index is 0.232. The van der Waals surface area contributed by atoms with E-state index in [-0.39, 0.29) is 12.4 Å². The van der Waals surface area contributed by atoms with Crippen molar-refractivity contribution >= 4 is 39.3 Å². The normalized spacial score (nSPS) is 12.6. The number of aliphatic hydroxyl groups excluding tert-OH is 1. The number of nitrogens with one attached hydrogen (secondary N) is 3. The first-order chi connectivity index (χ1) is 29.0. The number of H-pyrrole nitrogens is 2. The third kappa shape index (κ3) is 9.76. The number of aromatic nitrogens is 4. The van der Waals surface area contributed by atoms with Gasteiger partial charge < -0.3 is 25.1 Å². The summed E-state index contributed by atoms with van der Waals surface area (Å²) in [5, 5.41) is 12.1. The number of fused-ring (bicyclic) bond motifs is 6. The summed E-state index contributed by atoms with van der Waals surface area (Å²) in [6.45, 7) is 2.50. The van der Waals surface area contributed by atoms with E-state index >= 15 is 0 Å². The molecule has 1 fully saturated rings. The van der Waals surface area contributed by atoms with Gasteiger partial charge in [-0.3, -0.25) is 14.4 Å². The molecule has 0 saturated carbocycles. The zero-order valence-corrected chi connectivity index (χ0v) is 32.8. The molecule has 2 aliphatic rings. The van der Waals surface area contributed by atoms with Crippen molar-refractivity contribution in [3.8, 4) is 17.0 Å². The number of esters is 1. The van der Waals surface area contributed by atoms with E-state index in [4.69, 9.17) is 14.8 Å². The van der Waals surface area contributed by atoms with Crippen LogP contribution >= 0.6 is 0 Å². The number of hydrogen-bond acceptors (Lipinski definition) is 8. The minimum atomic E-state index is -0.513. The number of Topliss-reactive ketones (excluding diaryl/α,β-unsaturated/α-hetero) is 2. The van der Waals surface area contributed by atoms with E-state index in [0.717, 1.165) is 51.4 Å². The van der Waals surface area contributed by atoms with Crippen molar-refractivity contribution in [3.05, 3.63) is 185 Å². The number of aliphatic hydroxyl groups is 1. The molecule has 0 bridgehead atoms. The highest BCUT2D eigenvalue weighted by Gasteiger charge is 2.33. The van der Waals surface area contributed by atoms with Crippen LogP contribution in [0.3, 0.4) is 0 Å². The van der Waals surface area contributed by atoms with E-state index < -0.39 is 11.6 Å². The first kappa shape index (κ1) is 40.2. The quantitative estimate of drug-likeness (QED) is 0.0715. The lowest BCUT2D eigenvalue weighted by atomic mass is 9.90. The molecule has 296 valence electrons. The number of ether oxygens (including phenoxy) is 1. The summed E-state index contributed by atoms with van der Waals surface area (Å²) in [4.78, 5) is 52.7. The maximum absolute atomic E-state index is 12.6. The summed E-state index contributed by atoms with van der Waals surface area (Å²) >= 11 is 0. The van der Waals surface area contributed by atoms with Crippen LogP contribution in [0.25, 0.3) is 33.1 Å². The standard InChI is InChI=1S/C26H20N2O2.C18H12N2O2.C4H9N.CH4O/c29-25(16-19-11-5-2-6-12-19)30-23-17-22-26(21-14-8-7-13-20(21)23)28-24(27-22)15-18-9-3-1-4-10-18;21-17-13-9-5-4-8-12(13)15-16(18(17)22)20-14(19-15)10-11-6-2-1-3-7-11;1-2-4-5-3-1;1-2/h1-14,17H,15-16H2,(H,27,28);1-9H,10H2,(H,19,20);5H,1-4H2;2H,1H3. The maximum Gasteiger partial charge on any atom is 0.315 e. The highest BCUT2D eigenvalue weighted by atomic mass is 16.5. The van der Waals surface area contributed by atoms with Gasteiger partial charge in [0.05, 0.1) is 17.5 Å². The third-order valence-electron chi connectivity index (χ3n) is 9.92. The number of rotatable bonds is 7. The molecule has 6 aromatic carbocycles. The second kappa shape index (κ2) is 19.4. The SMILES string of the molecule is C1CCNC1.CO.O=C(Cc1ccccc1)Oc1cc2[nH]c(Cc3ccccc3)nc2c2ccccc12.O=C1C(=O)c2[nH]c(Cc3ccccc3)nc2-c2ccccc21. The number of carbonyl (C=O) groups is 3. The average molecular weight is 784 g/mol. The Morgan fingerprint density at radius 2 is 1.14 bits per heavy atom. The predicted octanol–water partition coefficient (Wildman–Crippen LogP) is 8.48. The fourth-order valence-corrected chi connectivity index (χ4v) is 7.14. The lowest BCUT2D eigenvalue weighted by molar-refractivity contribution is -0.133. The summed E-state index contributed by atoms with van der Waals surface area (Å²) in [6, 6.07) is 46.6. The van der Waals surface area contributed by atoms with Crippen molar-refractivity contribution < 1.29 is 24.2 Å². The molecular weight excluding hydrogens is 739 g/mol. The van der Waals surface area contributed by atoms with Gasteiger partial charge in [0.1, 0.15) is 28.8 Å². The number of hydrogen-bond donors (Lipinski definition) is 4. The van der Waals surface area contributed by atoms with Gasteiger partial charge >= 0.3 is 5.97 Å². The summed E-state index contributed by atoms with van der Waals surface area (Å²) in [7, 11) is 1.00. The van der Waals surface area contributed by atoms with Crippen LogP contribution in [0, 0.1) is 0 Å². The molecular formula is C49H45N5O5. The fraction of sp³-hybridized carbons (Fsp3) is 0.163. The average Bonchev–Trinajstić information content (AvgIpc) is 4.09. The van der Waals surface area contributed by atoms with Crippen LogP contribution in [0.2, 0.25) is 0 Å².